The van der Waals surface area contributed by atoms with Crippen LogP contribution in [0.1, 0.15) is 23.0 Å². The van der Waals surface area contributed by atoms with Crippen molar-refractivity contribution in [1.29, 1.82) is 0 Å². The molecule has 1 aromatic heterocycles. The number of carbonyl (C=O) groups excluding carboxylic acids is 2. The van der Waals surface area contributed by atoms with Crippen molar-refractivity contribution < 1.29 is 14.3 Å². The molecule has 0 bridgehead atoms. The third-order valence-corrected chi connectivity index (χ3v) is 4.70. The fourth-order valence-corrected chi connectivity index (χ4v) is 3.53. The summed E-state index contributed by atoms with van der Waals surface area (Å²) in [5.41, 5.74) is 1.74. The van der Waals surface area contributed by atoms with Gasteiger partial charge in [0, 0.05) is 6.20 Å². The highest BCUT2D eigenvalue weighted by atomic mass is 32.2. The molecule has 1 aliphatic heterocycles. The lowest BCUT2D eigenvalue weighted by Crippen LogP contribution is -2.27. The number of nitrogens with zero attached hydrogens (tertiary/aromatic N) is 2. The Bertz CT molecular complexity index is 848. The van der Waals surface area contributed by atoms with E-state index in [4.69, 9.17) is 17.0 Å². The Kier molecular flexibility index (Phi) is 5.25. The third-order valence-electron chi connectivity index (χ3n) is 3.40. The SMILES string of the molecule is CCOC(=O)c1ccc(N2C(=O)C(=Cc3ccccn3)SC2=S)cc1. The lowest BCUT2D eigenvalue weighted by Gasteiger charge is -2.14. The number of hydrogen-bond acceptors (Lipinski definition) is 6. The van der Waals surface area contributed by atoms with Crippen LogP contribution in [-0.4, -0.2) is 27.8 Å². The molecule has 0 unspecified atom stereocenters. The predicted molar refractivity (Wildman–Crippen MR) is 102 cm³/mol. The molecule has 0 atom stereocenters. The summed E-state index contributed by atoms with van der Waals surface area (Å²) in [6.07, 6.45) is 3.38. The van der Waals surface area contributed by atoms with Crippen LogP contribution in [0.5, 0.6) is 0 Å². The van der Waals surface area contributed by atoms with Crippen molar-refractivity contribution in [3.05, 3.63) is 64.8 Å². The number of benzene rings is 1. The lowest BCUT2D eigenvalue weighted by molar-refractivity contribution is -0.113. The highest BCUT2D eigenvalue weighted by Crippen LogP contribution is 2.35. The van der Waals surface area contributed by atoms with E-state index in [0.717, 1.165) is 0 Å². The van der Waals surface area contributed by atoms with Gasteiger partial charge in [0.05, 0.1) is 28.5 Å². The number of hydrogen-bond donors (Lipinski definition) is 0. The molecule has 1 aliphatic rings. The Morgan fingerprint density at radius 3 is 2.68 bits per heavy atom. The summed E-state index contributed by atoms with van der Waals surface area (Å²) in [5.74, 6) is -0.598. The van der Waals surface area contributed by atoms with Gasteiger partial charge in [-0.25, -0.2) is 4.79 Å². The minimum Gasteiger partial charge on any atom is -0.462 e. The minimum absolute atomic E-state index is 0.204. The first kappa shape index (κ1) is 17.3. The number of pyridine rings is 1. The molecule has 0 aliphatic carbocycles. The van der Waals surface area contributed by atoms with Crippen LogP contribution in [0, 0.1) is 0 Å². The smallest absolute Gasteiger partial charge is 0.338 e. The Balaban J connectivity index is 1.83. The number of aromatic nitrogens is 1. The van der Waals surface area contributed by atoms with Crippen LogP contribution in [0.25, 0.3) is 6.08 Å². The Hall–Kier alpha value is -2.51. The monoisotopic (exact) mass is 370 g/mol. The molecule has 126 valence electrons. The molecule has 1 fully saturated rings. The quantitative estimate of drug-likeness (QED) is 0.465. The second kappa shape index (κ2) is 7.58. The van der Waals surface area contributed by atoms with Crippen molar-refractivity contribution in [2.24, 2.45) is 0 Å². The van der Waals surface area contributed by atoms with Crippen molar-refractivity contribution in [3.8, 4) is 0 Å². The van der Waals surface area contributed by atoms with Crippen molar-refractivity contribution in [2.75, 3.05) is 11.5 Å². The number of amides is 1. The highest BCUT2D eigenvalue weighted by Gasteiger charge is 2.33. The van der Waals surface area contributed by atoms with Crippen molar-refractivity contribution in [2.45, 2.75) is 6.92 Å². The lowest BCUT2D eigenvalue weighted by atomic mass is 10.2. The number of anilines is 1. The normalized spacial score (nSPS) is 15.7. The maximum absolute atomic E-state index is 12.7. The van der Waals surface area contributed by atoms with Gasteiger partial charge in [-0.2, -0.15) is 0 Å². The van der Waals surface area contributed by atoms with Gasteiger partial charge in [0.25, 0.3) is 5.91 Å². The van der Waals surface area contributed by atoms with Gasteiger partial charge < -0.3 is 4.74 Å². The van der Waals surface area contributed by atoms with E-state index in [1.54, 1.807) is 43.5 Å². The summed E-state index contributed by atoms with van der Waals surface area (Å²) >= 11 is 6.56. The largest absolute Gasteiger partial charge is 0.462 e. The van der Waals surface area contributed by atoms with Crippen molar-refractivity contribution in [3.63, 3.8) is 0 Å². The van der Waals surface area contributed by atoms with Crippen LogP contribution in [0.15, 0.2) is 53.6 Å². The molecule has 0 spiro atoms. The van der Waals surface area contributed by atoms with Gasteiger partial charge in [0.2, 0.25) is 0 Å². The first-order valence-electron chi connectivity index (χ1n) is 7.56. The molecular weight excluding hydrogens is 356 g/mol. The summed E-state index contributed by atoms with van der Waals surface area (Å²) in [6, 6.07) is 12.1. The summed E-state index contributed by atoms with van der Waals surface area (Å²) in [7, 11) is 0. The highest BCUT2D eigenvalue weighted by molar-refractivity contribution is 8.27. The molecule has 7 heteroatoms. The maximum atomic E-state index is 12.7. The van der Waals surface area contributed by atoms with Crippen LogP contribution in [-0.2, 0) is 9.53 Å². The molecule has 1 saturated heterocycles. The minimum atomic E-state index is -0.394. The number of ether oxygens (including phenoxy) is 1. The molecule has 2 aromatic rings. The zero-order valence-electron chi connectivity index (χ0n) is 13.3. The summed E-state index contributed by atoms with van der Waals surface area (Å²) < 4.78 is 5.39. The van der Waals surface area contributed by atoms with E-state index in [2.05, 4.69) is 4.98 Å². The van der Waals surface area contributed by atoms with Crippen molar-refractivity contribution in [1.82, 2.24) is 4.98 Å². The average Bonchev–Trinajstić information content (AvgIpc) is 2.90. The average molecular weight is 370 g/mol. The molecule has 2 heterocycles. The maximum Gasteiger partial charge on any atom is 0.338 e. The zero-order chi connectivity index (χ0) is 17.8. The van der Waals surface area contributed by atoms with Gasteiger partial charge >= 0.3 is 5.97 Å². The van der Waals surface area contributed by atoms with Gasteiger partial charge in [-0.15, -0.1) is 0 Å². The summed E-state index contributed by atoms with van der Waals surface area (Å²) in [4.78, 5) is 30.5. The van der Waals surface area contributed by atoms with E-state index in [0.29, 0.717) is 32.8 Å². The Morgan fingerprint density at radius 1 is 1.28 bits per heavy atom. The van der Waals surface area contributed by atoms with Crippen LogP contribution in [0.3, 0.4) is 0 Å². The number of carbonyl (C=O) groups is 2. The van der Waals surface area contributed by atoms with Gasteiger partial charge in [-0.05, 0) is 49.4 Å². The Morgan fingerprint density at radius 2 is 2.04 bits per heavy atom. The van der Waals surface area contributed by atoms with E-state index >= 15 is 0 Å². The van der Waals surface area contributed by atoms with Gasteiger partial charge in [0.1, 0.15) is 0 Å². The molecule has 0 radical (unpaired) electrons. The number of thiocarbonyl (C=S) groups is 1. The molecule has 1 aromatic carbocycles. The van der Waals surface area contributed by atoms with E-state index in [1.807, 2.05) is 18.2 Å². The molecule has 1 amide bonds. The molecule has 25 heavy (non-hydrogen) atoms. The summed E-state index contributed by atoms with van der Waals surface area (Å²) in [5, 5.41) is 0. The second-order valence-electron chi connectivity index (χ2n) is 5.04. The van der Waals surface area contributed by atoms with E-state index in [1.165, 1.54) is 16.7 Å². The third kappa shape index (κ3) is 3.78. The first-order chi connectivity index (χ1) is 12.1. The molecule has 5 nitrogen and oxygen atoms in total. The zero-order valence-corrected chi connectivity index (χ0v) is 15.0. The van der Waals surface area contributed by atoms with E-state index in [9.17, 15) is 9.59 Å². The van der Waals surface area contributed by atoms with Gasteiger partial charge in [0.15, 0.2) is 4.32 Å². The molecule has 3 rings (SSSR count). The van der Waals surface area contributed by atoms with Crippen LogP contribution < -0.4 is 4.90 Å². The number of thioether (sulfide) groups is 1. The second-order valence-corrected chi connectivity index (χ2v) is 6.71. The fourth-order valence-electron chi connectivity index (χ4n) is 2.25. The van der Waals surface area contributed by atoms with Crippen LogP contribution in [0.4, 0.5) is 5.69 Å². The van der Waals surface area contributed by atoms with Gasteiger partial charge in [-0.3, -0.25) is 14.7 Å². The Labute approximate surface area is 154 Å². The topological polar surface area (TPSA) is 59.5 Å². The molecular formula is C18H14N2O3S2. The first-order valence-corrected chi connectivity index (χ1v) is 8.79. The predicted octanol–water partition coefficient (Wildman–Crippen LogP) is 3.66. The van der Waals surface area contributed by atoms with E-state index < -0.39 is 5.97 Å². The molecule has 0 saturated carbocycles. The van der Waals surface area contributed by atoms with Crippen LogP contribution in [0.2, 0.25) is 0 Å². The fraction of sp³-hybridized carbons (Fsp3) is 0.111. The van der Waals surface area contributed by atoms with Crippen molar-refractivity contribution >= 4 is 51.9 Å². The number of rotatable bonds is 4. The van der Waals surface area contributed by atoms with Crippen LogP contribution >= 0.6 is 24.0 Å². The van der Waals surface area contributed by atoms with E-state index in [-0.39, 0.29) is 5.91 Å². The van der Waals surface area contributed by atoms with Gasteiger partial charge in [-0.1, -0.05) is 30.0 Å². The number of esters is 1. The molecule has 0 N–H and O–H groups in total. The standard InChI is InChI=1S/C18H14N2O3S2/c1-2-23-17(22)12-6-8-14(9-7-12)20-16(21)15(25-18(20)24)11-13-5-3-4-10-19-13/h3-11H,2H2,1H3. The summed E-state index contributed by atoms with van der Waals surface area (Å²) in [6.45, 7) is 2.06.